The van der Waals surface area contributed by atoms with E-state index in [1.54, 1.807) is 0 Å². The molecule has 4 N–H and O–H groups in total. The van der Waals surface area contributed by atoms with E-state index in [1.807, 2.05) is 85.1 Å². The third kappa shape index (κ3) is 32.2. The minimum Gasteiger partial charge on any atom is -0.512 e. The molecule has 1 aliphatic rings. The van der Waals surface area contributed by atoms with Crippen LogP contribution >= 0.6 is 0 Å². The number of benzene rings is 8. The van der Waals surface area contributed by atoms with Crippen molar-refractivity contribution in [2.75, 3.05) is 0 Å². The summed E-state index contributed by atoms with van der Waals surface area (Å²) in [6, 6.07) is 82.7. The van der Waals surface area contributed by atoms with Gasteiger partial charge in [-0.2, -0.15) is 5.57 Å². The van der Waals surface area contributed by atoms with Gasteiger partial charge in [-0.05, 0) is 119 Å². The molecular formula is C89H86Ir4N4O8-4. The number of para-hydroxylation sites is 3. The Bertz CT molecular complexity index is 4820. The molecule has 550 valence electrons. The molecule has 1 aliphatic carbocycles. The van der Waals surface area contributed by atoms with Crippen molar-refractivity contribution in [2.45, 2.75) is 102 Å². The molecule has 0 spiro atoms. The number of carbonyl (C=O) groups is 4. The molecule has 12 nitrogen and oxygen atoms in total. The summed E-state index contributed by atoms with van der Waals surface area (Å²) in [4.78, 5) is 58.7. The van der Waals surface area contributed by atoms with Crippen molar-refractivity contribution in [3.63, 3.8) is 0 Å². The fraction of sp³-hybridized carbons (Fsp3) is 0.169. The first-order valence-electron chi connectivity index (χ1n) is 32.9. The van der Waals surface area contributed by atoms with Crippen LogP contribution in [0.2, 0.25) is 0 Å². The van der Waals surface area contributed by atoms with Gasteiger partial charge in [0.25, 0.3) is 0 Å². The van der Waals surface area contributed by atoms with Gasteiger partial charge in [-0.15, -0.1) is 111 Å². The van der Waals surface area contributed by atoms with Crippen molar-refractivity contribution >= 4 is 72.2 Å². The van der Waals surface area contributed by atoms with Crippen LogP contribution in [0.5, 0.6) is 0 Å². The Morgan fingerprint density at radius 1 is 0.419 bits per heavy atom. The SMILES string of the molecule is CC(=O)C=C(C)O.CC(=O)C=C(C)O.CC(=O)C=C(C)O.CC(=O)C=C(C)O.Cc1[c-]c(-c2cc(-c3ccccc3)c3ccccc3n2)ccc1C.Cc1[c-]c(-c2ccc3ccccc3n2)cc(C)c1.[C-]1=C(c2ccc3ccccc3n2)CCC1.[Ir].[Ir].[Ir].[Ir].[c-]1ccc2ccccc2c1-c1ccccn1. The standard InChI is InChI=1S/C23H18N.C17H14N.C15H10N.C14H12N.4C5H8O2.4Ir/c1-16-12-13-19(14-17(16)2)23-15-21(18-8-4-3-5-9-18)20-10-6-7-11-22(20)24-23;1-12-9-13(2)11-15(10-12)17-8-7-14-5-3-4-6-16(14)18-17;1-2-8-13-12(6-1)7-5-9-14(13)15-10-3-4-11-16-15;1-2-6-11(5-1)14-10-9-12-7-3-4-8-13(12)15-14;4*1-4(6)3-5(2)7;;;;/h3-13,15H,1-2H3;3-10H,1-2H3;1-8,10-11H;3-4,7-10H,1-2,5H2;4*3,6H,1-2H3;;;;/q4*-1;;;;;;;;. The first kappa shape index (κ1) is 91.7. The molecule has 16 heteroatoms. The number of rotatable bonds is 9. The molecular weight excluding hydrogens is 2020 g/mol. The van der Waals surface area contributed by atoms with Crippen LogP contribution in [-0.4, -0.2) is 63.5 Å². The van der Waals surface area contributed by atoms with E-state index >= 15 is 0 Å². The van der Waals surface area contributed by atoms with Crippen molar-refractivity contribution in [3.05, 3.63) is 318 Å². The van der Waals surface area contributed by atoms with E-state index in [2.05, 4.69) is 195 Å². The van der Waals surface area contributed by atoms with Gasteiger partial charge in [0.2, 0.25) is 0 Å². The van der Waals surface area contributed by atoms with Crippen LogP contribution in [0.3, 0.4) is 0 Å². The van der Waals surface area contributed by atoms with Gasteiger partial charge in [-0.1, -0.05) is 197 Å². The number of fused-ring (bicyclic) bond motifs is 4. The second-order valence-corrected chi connectivity index (χ2v) is 23.9. The summed E-state index contributed by atoms with van der Waals surface area (Å²) in [6.45, 7) is 19.8. The topological polar surface area (TPSA) is 201 Å². The van der Waals surface area contributed by atoms with Crippen LogP contribution in [0, 0.1) is 52.0 Å². The number of ketones is 4. The molecule has 4 radical (unpaired) electrons. The normalized spacial score (nSPS) is 11.2. The molecule has 105 heavy (non-hydrogen) atoms. The van der Waals surface area contributed by atoms with Crippen LogP contribution in [0.15, 0.2) is 266 Å². The van der Waals surface area contributed by atoms with Crippen molar-refractivity contribution in [2.24, 2.45) is 0 Å². The Morgan fingerprint density at radius 2 is 0.895 bits per heavy atom. The molecule has 0 saturated heterocycles. The van der Waals surface area contributed by atoms with E-state index in [4.69, 9.17) is 30.4 Å². The quantitative estimate of drug-likeness (QED) is 0.0606. The Balaban J connectivity index is 0.000000424. The van der Waals surface area contributed by atoms with Crippen molar-refractivity contribution in [3.8, 4) is 44.9 Å². The van der Waals surface area contributed by atoms with Crippen LogP contribution in [0.1, 0.15) is 103 Å². The second-order valence-electron chi connectivity index (χ2n) is 23.9. The summed E-state index contributed by atoms with van der Waals surface area (Å²) in [7, 11) is 0. The van der Waals surface area contributed by atoms with E-state index in [0.717, 1.165) is 74.4 Å². The summed E-state index contributed by atoms with van der Waals surface area (Å²) < 4.78 is 0. The zero-order chi connectivity index (χ0) is 73.4. The molecule has 0 bridgehead atoms. The van der Waals surface area contributed by atoms with Gasteiger partial charge >= 0.3 is 0 Å². The van der Waals surface area contributed by atoms with Crippen LogP contribution in [0.4, 0.5) is 0 Å². The molecule has 0 atom stereocenters. The van der Waals surface area contributed by atoms with Crippen molar-refractivity contribution < 1.29 is 120 Å². The maximum atomic E-state index is 10.0. The van der Waals surface area contributed by atoms with Gasteiger partial charge in [-0.25, -0.2) is 0 Å². The third-order valence-corrected chi connectivity index (χ3v) is 14.7. The predicted octanol–water partition coefficient (Wildman–Crippen LogP) is 21.8. The number of allylic oxidation sites excluding steroid dienone is 10. The molecule has 13 rings (SSSR count). The Hall–Kier alpha value is -9.42. The second kappa shape index (κ2) is 47.8. The Morgan fingerprint density at radius 3 is 1.38 bits per heavy atom. The number of hydrogen-bond acceptors (Lipinski definition) is 12. The fourth-order valence-corrected chi connectivity index (χ4v) is 10.4. The molecule has 0 fully saturated rings. The molecule has 8 aromatic carbocycles. The van der Waals surface area contributed by atoms with Crippen LogP contribution < -0.4 is 0 Å². The van der Waals surface area contributed by atoms with E-state index in [1.165, 1.54) is 146 Å². The Labute approximate surface area is 671 Å². The largest absolute Gasteiger partial charge is 0.512 e. The number of aliphatic hydroxyl groups excluding tert-OH is 4. The van der Waals surface area contributed by atoms with Crippen molar-refractivity contribution in [1.82, 2.24) is 19.9 Å². The number of aromatic nitrogens is 4. The van der Waals surface area contributed by atoms with Gasteiger partial charge in [-0.3, -0.25) is 35.2 Å². The number of nitrogens with zero attached hydrogens (tertiary/aromatic N) is 4. The number of hydrogen-bond donors (Lipinski definition) is 4. The monoisotopic (exact) mass is 2110 g/mol. The Kier molecular flexibility index (Phi) is 41.8. The average Bonchev–Trinajstić information content (AvgIpc) is 0.966. The van der Waals surface area contributed by atoms with Gasteiger partial charge in [0.05, 0.1) is 34.1 Å². The minimum absolute atomic E-state index is 0. The zero-order valence-electron chi connectivity index (χ0n) is 60.8. The van der Waals surface area contributed by atoms with E-state index in [9.17, 15) is 19.2 Å². The smallest absolute Gasteiger partial charge is 0.155 e. The molecule has 0 saturated carbocycles. The van der Waals surface area contributed by atoms with E-state index in [-0.39, 0.29) is 127 Å². The minimum atomic E-state index is -0.125. The maximum absolute atomic E-state index is 10.0. The third-order valence-electron chi connectivity index (χ3n) is 14.7. The van der Waals surface area contributed by atoms with E-state index < -0.39 is 0 Å². The van der Waals surface area contributed by atoms with Gasteiger partial charge in [0, 0.05) is 122 Å². The molecule has 4 heterocycles. The van der Waals surface area contributed by atoms with Crippen LogP contribution in [0.25, 0.3) is 94.0 Å². The number of pyridine rings is 4. The average molecular weight is 2110 g/mol. The summed E-state index contributed by atoms with van der Waals surface area (Å²) in [5.74, 6) is -0.250. The summed E-state index contributed by atoms with van der Waals surface area (Å²) in [5.41, 5.74) is 18.9. The molecule has 0 unspecified atom stereocenters. The number of aryl methyl sites for hydroxylation is 4. The van der Waals surface area contributed by atoms with Gasteiger partial charge < -0.3 is 30.4 Å². The van der Waals surface area contributed by atoms with Crippen molar-refractivity contribution in [1.29, 1.82) is 0 Å². The number of aliphatic hydroxyl groups is 4. The summed E-state index contributed by atoms with van der Waals surface area (Å²) in [5, 5.41) is 39.4. The first-order valence-corrected chi connectivity index (χ1v) is 32.9. The maximum Gasteiger partial charge on any atom is 0.155 e. The predicted molar refractivity (Wildman–Crippen MR) is 413 cm³/mol. The molecule has 0 amide bonds. The summed E-state index contributed by atoms with van der Waals surface area (Å²) >= 11 is 0. The fourth-order valence-electron chi connectivity index (χ4n) is 10.4. The van der Waals surface area contributed by atoms with E-state index in [0.29, 0.717) is 0 Å². The first-order chi connectivity index (χ1) is 48.3. The van der Waals surface area contributed by atoms with Gasteiger partial charge in [0.1, 0.15) is 0 Å². The zero-order valence-corrected chi connectivity index (χ0v) is 70.3. The molecule has 12 aromatic rings. The molecule has 4 aromatic heterocycles. The van der Waals surface area contributed by atoms with Crippen LogP contribution in [-0.2, 0) is 99.6 Å². The van der Waals surface area contributed by atoms with Gasteiger partial charge in [0.15, 0.2) is 23.1 Å². The summed E-state index contributed by atoms with van der Waals surface area (Å²) in [6.07, 6.45) is 13.3. The molecule has 0 aliphatic heterocycles. The number of carbonyl (C=O) groups excluding carboxylic acids is 4.